The minimum Gasteiger partial charge on any atom is -0.378 e. The number of aromatic nitrogens is 1. The Morgan fingerprint density at radius 2 is 2.20 bits per heavy atom. The number of anilines is 1. The maximum atomic E-state index is 10.3. The number of morpholine rings is 1. The first kappa shape index (κ1) is 10.5. The molecule has 1 aromatic heterocycles. The van der Waals surface area contributed by atoms with Crippen LogP contribution in [0.4, 0.5) is 11.5 Å². The van der Waals surface area contributed by atoms with Crippen LogP contribution in [-0.4, -0.2) is 31.3 Å². The van der Waals surface area contributed by atoms with Crippen LogP contribution >= 0.6 is 15.9 Å². The Morgan fingerprint density at radius 1 is 1.47 bits per heavy atom. The van der Waals surface area contributed by atoms with Crippen LogP contribution < -0.4 is 4.90 Å². The molecule has 5 nitrogen and oxygen atoms in total. The smallest absolute Gasteiger partial charge is 0.210 e. The highest BCUT2D eigenvalue weighted by Crippen LogP contribution is 2.27. The summed E-state index contributed by atoms with van der Waals surface area (Å²) in [7, 11) is 0. The molecule has 2 heterocycles. The summed E-state index contributed by atoms with van der Waals surface area (Å²) in [6, 6.07) is 1.86. The molecule has 2 rings (SSSR count). The summed E-state index contributed by atoms with van der Waals surface area (Å²) in [5, 5.41) is 2.81. The minimum atomic E-state index is 0.187. The second-order valence-corrected chi connectivity index (χ2v) is 4.04. The van der Waals surface area contributed by atoms with Crippen LogP contribution in [0.2, 0.25) is 0 Å². The van der Waals surface area contributed by atoms with Gasteiger partial charge in [-0.3, -0.25) is 0 Å². The van der Waals surface area contributed by atoms with Crippen LogP contribution in [-0.2, 0) is 4.74 Å². The molecule has 15 heavy (non-hydrogen) atoms. The normalized spacial score (nSPS) is 16.5. The quantitative estimate of drug-likeness (QED) is 0.773. The molecule has 0 spiro atoms. The Hall–Kier alpha value is -1.01. The van der Waals surface area contributed by atoms with Gasteiger partial charge in [0.25, 0.3) is 0 Å². The molecule has 1 fully saturated rings. The van der Waals surface area contributed by atoms with Crippen molar-refractivity contribution in [3.63, 3.8) is 0 Å². The lowest BCUT2D eigenvalue weighted by atomic mass is 10.3. The molecule has 0 saturated carbocycles. The van der Waals surface area contributed by atoms with E-state index in [-0.39, 0.29) is 5.82 Å². The van der Waals surface area contributed by atoms with Crippen LogP contribution in [0.1, 0.15) is 0 Å². The molecule has 0 radical (unpaired) electrons. The highest BCUT2D eigenvalue weighted by molar-refractivity contribution is 9.10. The van der Waals surface area contributed by atoms with Crippen LogP contribution in [0, 0.1) is 4.91 Å². The Labute approximate surface area is 95.5 Å². The first-order valence-corrected chi connectivity index (χ1v) is 5.42. The molecule has 80 valence electrons. The molecule has 6 heteroatoms. The van der Waals surface area contributed by atoms with E-state index in [1.165, 1.54) is 0 Å². The van der Waals surface area contributed by atoms with Gasteiger partial charge in [0.15, 0.2) is 0 Å². The Bertz CT molecular complexity index is 366. The summed E-state index contributed by atoms with van der Waals surface area (Å²) in [6.45, 7) is 3.15. The van der Waals surface area contributed by atoms with E-state index in [0.29, 0.717) is 4.47 Å². The molecule has 0 amide bonds. The second kappa shape index (κ2) is 4.67. The van der Waals surface area contributed by atoms with Crippen molar-refractivity contribution >= 4 is 27.4 Å². The Balaban J connectivity index is 2.21. The number of nitroso groups, excluding NO2 is 1. The van der Waals surface area contributed by atoms with Crippen LogP contribution in [0.3, 0.4) is 0 Å². The summed E-state index contributed by atoms with van der Waals surface area (Å²) in [5.74, 6) is 0.187. The molecule has 1 aromatic rings. The van der Waals surface area contributed by atoms with E-state index in [1.807, 2.05) is 6.07 Å². The van der Waals surface area contributed by atoms with E-state index < -0.39 is 0 Å². The largest absolute Gasteiger partial charge is 0.378 e. The van der Waals surface area contributed by atoms with Crippen molar-refractivity contribution in [2.24, 2.45) is 5.18 Å². The topological polar surface area (TPSA) is 54.8 Å². The molecular weight excluding hydrogens is 262 g/mol. The molecule has 1 aliphatic rings. The van der Waals surface area contributed by atoms with Gasteiger partial charge in [0.05, 0.1) is 29.6 Å². The maximum Gasteiger partial charge on any atom is 0.210 e. The van der Waals surface area contributed by atoms with E-state index in [0.717, 1.165) is 32.0 Å². The van der Waals surface area contributed by atoms with Crippen molar-refractivity contribution in [1.29, 1.82) is 0 Å². The molecule has 0 atom stereocenters. The number of nitrogens with zero attached hydrogens (tertiary/aromatic N) is 3. The van der Waals surface area contributed by atoms with E-state index >= 15 is 0 Å². The van der Waals surface area contributed by atoms with Gasteiger partial charge < -0.3 is 9.64 Å². The summed E-state index contributed by atoms with van der Waals surface area (Å²) in [6.07, 6.45) is 1.66. The van der Waals surface area contributed by atoms with Crippen molar-refractivity contribution in [3.05, 3.63) is 21.6 Å². The van der Waals surface area contributed by atoms with Gasteiger partial charge in [-0.25, -0.2) is 4.98 Å². The number of halogens is 1. The van der Waals surface area contributed by atoms with Gasteiger partial charge in [0.1, 0.15) is 0 Å². The van der Waals surface area contributed by atoms with Crippen molar-refractivity contribution < 1.29 is 4.74 Å². The predicted molar refractivity (Wildman–Crippen MR) is 60.4 cm³/mol. The highest BCUT2D eigenvalue weighted by atomic mass is 79.9. The minimum absolute atomic E-state index is 0.187. The first-order valence-electron chi connectivity index (χ1n) is 4.63. The fourth-order valence-electron chi connectivity index (χ4n) is 1.48. The van der Waals surface area contributed by atoms with Crippen molar-refractivity contribution in [2.45, 2.75) is 0 Å². The average Bonchev–Trinajstić information content (AvgIpc) is 2.30. The number of hydrogen-bond donors (Lipinski definition) is 0. The molecule has 0 aromatic carbocycles. The molecular formula is C9H10BrN3O2. The maximum absolute atomic E-state index is 10.3. The third-order valence-corrected chi connectivity index (χ3v) is 2.85. The van der Waals surface area contributed by atoms with Crippen molar-refractivity contribution in [3.8, 4) is 0 Å². The Kier molecular flexibility index (Phi) is 3.27. The zero-order valence-corrected chi connectivity index (χ0v) is 9.61. The monoisotopic (exact) mass is 271 g/mol. The number of hydrogen-bond acceptors (Lipinski definition) is 5. The SMILES string of the molecule is O=Nc1ncc(N2CCOCC2)cc1Br. The van der Waals surface area contributed by atoms with E-state index in [1.54, 1.807) is 6.20 Å². The number of rotatable bonds is 2. The number of ether oxygens (including phenoxy) is 1. The van der Waals surface area contributed by atoms with E-state index in [9.17, 15) is 4.91 Å². The highest BCUT2D eigenvalue weighted by Gasteiger charge is 2.13. The lowest BCUT2D eigenvalue weighted by molar-refractivity contribution is 0.122. The third kappa shape index (κ3) is 2.32. The van der Waals surface area contributed by atoms with Gasteiger partial charge in [-0.1, -0.05) is 0 Å². The lowest BCUT2D eigenvalue weighted by Crippen LogP contribution is -2.36. The van der Waals surface area contributed by atoms with E-state index in [2.05, 4.69) is 31.0 Å². The van der Waals surface area contributed by atoms with Crippen LogP contribution in [0.5, 0.6) is 0 Å². The average molecular weight is 272 g/mol. The van der Waals surface area contributed by atoms with Crippen LogP contribution in [0.15, 0.2) is 21.9 Å². The standard InChI is InChI=1S/C9H10BrN3O2/c10-8-5-7(6-11-9(8)12-14)13-1-3-15-4-2-13/h5-6H,1-4H2. The molecule has 0 unspecified atom stereocenters. The van der Waals surface area contributed by atoms with Gasteiger partial charge in [-0.2, -0.15) is 0 Å². The third-order valence-electron chi connectivity index (χ3n) is 2.27. The summed E-state index contributed by atoms with van der Waals surface area (Å²) >= 11 is 3.26. The Morgan fingerprint density at radius 3 is 2.80 bits per heavy atom. The molecule has 1 saturated heterocycles. The molecule has 0 bridgehead atoms. The van der Waals surface area contributed by atoms with Crippen molar-refractivity contribution in [1.82, 2.24) is 4.98 Å². The second-order valence-electron chi connectivity index (χ2n) is 3.19. The van der Waals surface area contributed by atoms with Gasteiger partial charge in [0.2, 0.25) is 5.82 Å². The summed E-state index contributed by atoms with van der Waals surface area (Å²) in [5.41, 5.74) is 0.984. The first-order chi connectivity index (χ1) is 7.31. The molecule has 1 aliphatic heterocycles. The fourth-order valence-corrected chi connectivity index (χ4v) is 1.89. The zero-order chi connectivity index (χ0) is 10.7. The van der Waals surface area contributed by atoms with Gasteiger partial charge in [-0.05, 0) is 27.2 Å². The lowest BCUT2D eigenvalue weighted by Gasteiger charge is -2.28. The van der Waals surface area contributed by atoms with Gasteiger partial charge in [-0.15, -0.1) is 4.91 Å². The predicted octanol–water partition coefficient (Wildman–Crippen LogP) is 2.08. The molecule has 0 N–H and O–H groups in total. The van der Waals surface area contributed by atoms with Crippen molar-refractivity contribution in [2.75, 3.05) is 31.2 Å². The van der Waals surface area contributed by atoms with Crippen LogP contribution in [0.25, 0.3) is 0 Å². The molecule has 0 aliphatic carbocycles. The fraction of sp³-hybridized carbons (Fsp3) is 0.444. The number of pyridine rings is 1. The van der Waals surface area contributed by atoms with Gasteiger partial charge >= 0.3 is 0 Å². The zero-order valence-electron chi connectivity index (χ0n) is 8.02. The summed E-state index contributed by atoms with van der Waals surface area (Å²) in [4.78, 5) is 16.5. The van der Waals surface area contributed by atoms with Gasteiger partial charge in [0, 0.05) is 13.1 Å². The van der Waals surface area contributed by atoms with E-state index in [4.69, 9.17) is 4.74 Å². The summed E-state index contributed by atoms with van der Waals surface area (Å²) < 4.78 is 5.88.